The molecule has 1 aromatic rings. The Labute approximate surface area is 164 Å². The standard InChI is InChI=1S/C19H24N2O6S/c1-3-21(16-9-10-28(25,26)13-16)18(23)12-27-19(24)17(20-14(2)22)11-15-7-5-4-6-8-15/h4-8,11,16H,3,9-10,12-13H2,1-2H3,(H,20,22). The first-order valence-electron chi connectivity index (χ1n) is 8.93. The number of ether oxygens (including phenoxy) is 1. The van der Waals surface area contributed by atoms with E-state index < -0.39 is 40.3 Å². The van der Waals surface area contributed by atoms with Crippen molar-refractivity contribution in [3.8, 4) is 0 Å². The Morgan fingerprint density at radius 1 is 1.25 bits per heavy atom. The first kappa shape index (κ1) is 21.6. The Hall–Kier alpha value is -2.68. The molecule has 1 atom stereocenters. The number of carbonyl (C=O) groups excluding carboxylic acids is 3. The highest BCUT2D eigenvalue weighted by atomic mass is 32.2. The Bertz CT molecular complexity index is 864. The molecule has 0 saturated carbocycles. The Morgan fingerprint density at radius 3 is 2.46 bits per heavy atom. The summed E-state index contributed by atoms with van der Waals surface area (Å²) in [5.41, 5.74) is 0.596. The van der Waals surface area contributed by atoms with Gasteiger partial charge >= 0.3 is 5.97 Å². The van der Waals surface area contributed by atoms with Gasteiger partial charge in [-0.15, -0.1) is 0 Å². The van der Waals surface area contributed by atoms with Gasteiger partial charge in [-0.1, -0.05) is 30.3 Å². The molecule has 1 saturated heterocycles. The zero-order valence-electron chi connectivity index (χ0n) is 15.9. The molecule has 0 bridgehead atoms. The van der Waals surface area contributed by atoms with Gasteiger partial charge in [-0.25, -0.2) is 13.2 Å². The number of carbonyl (C=O) groups is 3. The highest BCUT2D eigenvalue weighted by molar-refractivity contribution is 7.91. The predicted octanol–water partition coefficient (Wildman–Crippen LogP) is 0.742. The van der Waals surface area contributed by atoms with Gasteiger partial charge in [0.1, 0.15) is 5.70 Å². The SMILES string of the molecule is CCN(C(=O)COC(=O)C(=Cc1ccccc1)NC(C)=O)C1CCS(=O)(=O)C1. The van der Waals surface area contributed by atoms with E-state index in [9.17, 15) is 22.8 Å². The summed E-state index contributed by atoms with van der Waals surface area (Å²) in [5.74, 6) is -1.79. The second-order valence-electron chi connectivity index (χ2n) is 6.46. The number of hydrogen-bond donors (Lipinski definition) is 1. The summed E-state index contributed by atoms with van der Waals surface area (Å²) in [5, 5.41) is 2.40. The van der Waals surface area contributed by atoms with Gasteiger partial charge in [-0.3, -0.25) is 9.59 Å². The molecule has 2 rings (SSSR count). The summed E-state index contributed by atoms with van der Waals surface area (Å²) < 4.78 is 28.4. The molecule has 1 N–H and O–H groups in total. The Kier molecular flexibility index (Phi) is 7.33. The molecule has 0 spiro atoms. The van der Waals surface area contributed by atoms with Gasteiger partial charge in [-0.2, -0.15) is 0 Å². The average Bonchev–Trinajstić information content (AvgIpc) is 2.99. The topological polar surface area (TPSA) is 110 Å². The van der Waals surface area contributed by atoms with Gasteiger partial charge in [-0.05, 0) is 25.0 Å². The van der Waals surface area contributed by atoms with E-state index in [2.05, 4.69) is 5.32 Å². The first-order valence-corrected chi connectivity index (χ1v) is 10.8. The smallest absolute Gasteiger partial charge is 0.355 e. The van der Waals surface area contributed by atoms with E-state index in [1.807, 2.05) is 6.07 Å². The van der Waals surface area contributed by atoms with Gasteiger partial charge in [0.25, 0.3) is 5.91 Å². The molecular formula is C19H24N2O6S. The van der Waals surface area contributed by atoms with Gasteiger partial charge in [0, 0.05) is 19.5 Å². The van der Waals surface area contributed by atoms with Gasteiger partial charge in [0.2, 0.25) is 5.91 Å². The summed E-state index contributed by atoms with van der Waals surface area (Å²) in [6.45, 7) is 2.78. The minimum atomic E-state index is -3.14. The van der Waals surface area contributed by atoms with Crippen molar-refractivity contribution in [1.29, 1.82) is 0 Å². The second kappa shape index (κ2) is 9.50. The van der Waals surface area contributed by atoms with E-state index in [0.29, 0.717) is 18.5 Å². The number of likely N-dealkylation sites (N-methyl/N-ethyl adjacent to an activating group) is 1. The van der Waals surface area contributed by atoms with Crippen molar-refractivity contribution in [3.05, 3.63) is 41.6 Å². The monoisotopic (exact) mass is 408 g/mol. The number of benzene rings is 1. The zero-order chi connectivity index (χ0) is 20.7. The second-order valence-corrected chi connectivity index (χ2v) is 8.69. The van der Waals surface area contributed by atoms with Crippen molar-refractivity contribution in [2.45, 2.75) is 26.3 Å². The zero-order valence-corrected chi connectivity index (χ0v) is 16.7. The first-order chi connectivity index (χ1) is 13.2. The van der Waals surface area contributed by atoms with E-state index in [1.165, 1.54) is 17.9 Å². The lowest BCUT2D eigenvalue weighted by Crippen LogP contribution is -2.43. The highest BCUT2D eigenvalue weighted by Gasteiger charge is 2.34. The van der Waals surface area contributed by atoms with E-state index in [-0.39, 0.29) is 17.2 Å². The number of amides is 2. The third kappa shape index (κ3) is 6.19. The molecule has 1 aromatic carbocycles. The summed E-state index contributed by atoms with van der Waals surface area (Å²) in [7, 11) is -3.14. The third-order valence-electron chi connectivity index (χ3n) is 4.28. The van der Waals surface area contributed by atoms with Crippen LogP contribution in [0.2, 0.25) is 0 Å². The van der Waals surface area contributed by atoms with E-state index in [1.54, 1.807) is 31.2 Å². The quantitative estimate of drug-likeness (QED) is 0.526. The fourth-order valence-electron chi connectivity index (χ4n) is 3.00. The molecule has 0 radical (unpaired) electrons. The normalized spacial score (nSPS) is 18.4. The van der Waals surface area contributed by atoms with Crippen LogP contribution in [0.1, 0.15) is 25.8 Å². The molecule has 1 aliphatic heterocycles. The van der Waals surface area contributed by atoms with Crippen LogP contribution in [-0.2, 0) is 29.0 Å². The van der Waals surface area contributed by atoms with Crippen LogP contribution < -0.4 is 5.32 Å². The fourth-order valence-corrected chi connectivity index (χ4v) is 4.73. The number of hydrogen-bond acceptors (Lipinski definition) is 6. The maximum Gasteiger partial charge on any atom is 0.355 e. The molecule has 1 heterocycles. The van der Waals surface area contributed by atoms with Crippen LogP contribution in [0.4, 0.5) is 0 Å². The maximum absolute atomic E-state index is 12.4. The van der Waals surface area contributed by atoms with E-state index in [0.717, 1.165) is 0 Å². The van der Waals surface area contributed by atoms with Crippen LogP contribution in [-0.4, -0.2) is 61.8 Å². The number of sulfone groups is 1. The predicted molar refractivity (Wildman–Crippen MR) is 104 cm³/mol. The molecule has 1 aliphatic rings. The number of nitrogens with zero attached hydrogens (tertiary/aromatic N) is 1. The molecule has 2 amide bonds. The largest absolute Gasteiger partial charge is 0.451 e. The van der Waals surface area contributed by atoms with Crippen LogP contribution in [0.5, 0.6) is 0 Å². The molecule has 28 heavy (non-hydrogen) atoms. The molecule has 152 valence electrons. The number of nitrogens with one attached hydrogen (secondary N) is 1. The van der Waals surface area contributed by atoms with Crippen LogP contribution in [0.3, 0.4) is 0 Å². The van der Waals surface area contributed by atoms with Crippen LogP contribution in [0.25, 0.3) is 6.08 Å². The summed E-state index contributed by atoms with van der Waals surface area (Å²) in [6, 6.07) is 8.46. The van der Waals surface area contributed by atoms with Crippen molar-refractivity contribution in [3.63, 3.8) is 0 Å². The molecule has 1 unspecified atom stereocenters. The highest BCUT2D eigenvalue weighted by Crippen LogP contribution is 2.18. The van der Waals surface area contributed by atoms with Gasteiger partial charge in [0.15, 0.2) is 16.4 Å². The average molecular weight is 408 g/mol. The van der Waals surface area contributed by atoms with Crippen LogP contribution in [0.15, 0.2) is 36.0 Å². The van der Waals surface area contributed by atoms with E-state index >= 15 is 0 Å². The lowest BCUT2D eigenvalue weighted by Gasteiger charge is -2.26. The minimum absolute atomic E-state index is 0.0493. The fraction of sp³-hybridized carbons (Fsp3) is 0.421. The molecule has 0 aromatic heterocycles. The maximum atomic E-state index is 12.4. The lowest BCUT2D eigenvalue weighted by molar-refractivity contribution is -0.150. The van der Waals surface area contributed by atoms with Crippen LogP contribution >= 0.6 is 0 Å². The van der Waals surface area contributed by atoms with Crippen molar-refractivity contribution in [1.82, 2.24) is 10.2 Å². The summed E-state index contributed by atoms with van der Waals surface area (Å²) >= 11 is 0. The number of esters is 1. The molecule has 8 nitrogen and oxygen atoms in total. The van der Waals surface area contributed by atoms with Crippen molar-refractivity contribution in [2.75, 3.05) is 24.7 Å². The van der Waals surface area contributed by atoms with Crippen molar-refractivity contribution in [2.24, 2.45) is 0 Å². The Morgan fingerprint density at radius 2 is 1.93 bits per heavy atom. The molecular weight excluding hydrogens is 384 g/mol. The molecule has 1 fully saturated rings. The third-order valence-corrected chi connectivity index (χ3v) is 6.03. The number of rotatable bonds is 7. The minimum Gasteiger partial charge on any atom is -0.451 e. The van der Waals surface area contributed by atoms with Crippen molar-refractivity contribution < 1.29 is 27.5 Å². The molecule has 0 aliphatic carbocycles. The van der Waals surface area contributed by atoms with Crippen LogP contribution in [0, 0.1) is 0 Å². The van der Waals surface area contributed by atoms with Gasteiger partial charge in [0.05, 0.1) is 11.5 Å². The van der Waals surface area contributed by atoms with Crippen molar-refractivity contribution >= 4 is 33.7 Å². The molecule has 9 heteroatoms. The van der Waals surface area contributed by atoms with Gasteiger partial charge < -0.3 is 15.0 Å². The lowest BCUT2D eigenvalue weighted by atomic mass is 10.2. The Balaban J connectivity index is 2.03. The summed E-state index contributed by atoms with van der Waals surface area (Å²) in [6.07, 6.45) is 1.83. The van der Waals surface area contributed by atoms with E-state index in [4.69, 9.17) is 4.74 Å². The summed E-state index contributed by atoms with van der Waals surface area (Å²) in [4.78, 5) is 37.6.